The molecule has 1 fully saturated rings. The first-order chi connectivity index (χ1) is 4.14. The van der Waals surface area contributed by atoms with Gasteiger partial charge in [-0.1, -0.05) is 13.8 Å². The average Bonchev–Trinajstić information content (AvgIpc) is 1.62. The minimum atomic E-state index is 0.463. The number of hydrogen-bond acceptors (Lipinski definition) is 2. The number of hydroxylamine groups is 1. The Balaban J connectivity index is 2.12. The van der Waals surface area contributed by atoms with E-state index in [0.717, 1.165) is 0 Å². The molecule has 0 unspecified atom stereocenters. The molecular weight excluding hydrogens is 114 g/mol. The van der Waals surface area contributed by atoms with Gasteiger partial charge in [-0.25, -0.2) is 5.48 Å². The molecule has 1 saturated carbocycles. The second-order valence-electron chi connectivity index (χ2n) is 3.52. The van der Waals surface area contributed by atoms with Crippen LogP contribution in [0.15, 0.2) is 0 Å². The van der Waals surface area contributed by atoms with Crippen molar-refractivity contribution < 1.29 is 4.84 Å². The molecule has 0 atom stereocenters. The van der Waals surface area contributed by atoms with Crippen LogP contribution in [0.5, 0.6) is 0 Å². The molecule has 0 spiro atoms. The minimum absolute atomic E-state index is 0.463. The highest BCUT2D eigenvalue weighted by atomic mass is 16.7. The normalized spacial score (nSPS) is 25.7. The maximum atomic E-state index is 5.16. The van der Waals surface area contributed by atoms with E-state index < -0.39 is 0 Å². The van der Waals surface area contributed by atoms with Gasteiger partial charge in [-0.3, -0.25) is 4.84 Å². The van der Waals surface area contributed by atoms with Gasteiger partial charge < -0.3 is 0 Å². The van der Waals surface area contributed by atoms with Gasteiger partial charge in [0.25, 0.3) is 0 Å². The van der Waals surface area contributed by atoms with Gasteiger partial charge in [0.1, 0.15) is 0 Å². The summed E-state index contributed by atoms with van der Waals surface area (Å²) in [7, 11) is 1.81. The molecule has 0 saturated heterocycles. The van der Waals surface area contributed by atoms with E-state index in [1.54, 1.807) is 0 Å². The van der Waals surface area contributed by atoms with Gasteiger partial charge in [0.05, 0.1) is 6.10 Å². The predicted molar refractivity (Wildman–Crippen MR) is 36.9 cm³/mol. The van der Waals surface area contributed by atoms with Crippen molar-refractivity contribution in [2.24, 2.45) is 5.41 Å². The largest absolute Gasteiger partial charge is 0.299 e. The number of nitrogens with one attached hydrogen (secondary N) is 1. The number of rotatable bonds is 2. The fourth-order valence-corrected chi connectivity index (χ4v) is 1.42. The highest BCUT2D eigenvalue weighted by Gasteiger charge is 2.36. The first-order valence-electron chi connectivity index (χ1n) is 3.46. The SMILES string of the molecule is CNOC1CC(C)(C)C1. The average molecular weight is 129 g/mol. The van der Waals surface area contributed by atoms with Crippen LogP contribution >= 0.6 is 0 Å². The van der Waals surface area contributed by atoms with Crippen molar-refractivity contribution in [2.45, 2.75) is 32.8 Å². The first kappa shape index (κ1) is 7.03. The monoisotopic (exact) mass is 129 g/mol. The van der Waals surface area contributed by atoms with Gasteiger partial charge in [-0.2, -0.15) is 0 Å². The zero-order valence-corrected chi connectivity index (χ0v) is 6.40. The van der Waals surface area contributed by atoms with Crippen LogP contribution in [-0.4, -0.2) is 13.2 Å². The lowest BCUT2D eigenvalue weighted by Crippen LogP contribution is -2.40. The molecule has 2 heteroatoms. The van der Waals surface area contributed by atoms with Gasteiger partial charge >= 0.3 is 0 Å². The Morgan fingerprint density at radius 1 is 1.44 bits per heavy atom. The van der Waals surface area contributed by atoms with Crippen LogP contribution in [0.1, 0.15) is 26.7 Å². The highest BCUT2D eigenvalue weighted by Crippen LogP contribution is 2.41. The van der Waals surface area contributed by atoms with Crippen LogP contribution in [0.4, 0.5) is 0 Å². The predicted octanol–water partition coefficient (Wildman–Crippen LogP) is 1.33. The van der Waals surface area contributed by atoms with Crippen LogP contribution in [-0.2, 0) is 4.84 Å². The van der Waals surface area contributed by atoms with E-state index in [2.05, 4.69) is 19.3 Å². The van der Waals surface area contributed by atoms with Gasteiger partial charge in [-0.15, -0.1) is 0 Å². The Morgan fingerprint density at radius 3 is 2.33 bits per heavy atom. The molecule has 0 bridgehead atoms. The second kappa shape index (κ2) is 2.27. The van der Waals surface area contributed by atoms with Crippen LogP contribution in [0, 0.1) is 5.41 Å². The third-order valence-electron chi connectivity index (χ3n) is 1.85. The van der Waals surface area contributed by atoms with E-state index in [1.807, 2.05) is 7.05 Å². The smallest absolute Gasteiger partial charge is 0.0800 e. The third-order valence-corrected chi connectivity index (χ3v) is 1.85. The summed E-state index contributed by atoms with van der Waals surface area (Å²) in [5, 5.41) is 0. The van der Waals surface area contributed by atoms with E-state index in [0.29, 0.717) is 11.5 Å². The quantitative estimate of drug-likeness (QED) is 0.568. The summed E-state index contributed by atoms with van der Waals surface area (Å²) in [6, 6.07) is 0. The fraction of sp³-hybridized carbons (Fsp3) is 1.00. The van der Waals surface area contributed by atoms with Crippen LogP contribution < -0.4 is 5.48 Å². The Bertz CT molecular complexity index is 93.1. The Hall–Kier alpha value is -0.0800. The Morgan fingerprint density at radius 2 is 2.00 bits per heavy atom. The molecule has 0 radical (unpaired) electrons. The van der Waals surface area contributed by atoms with Crippen LogP contribution in [0.2, 0.25) is 0 Å². The molecule has 0 heterocycles. The summed E-state index contributed by atoms with van der Waals surface area (Å²) in [4.78, 5) is 5.16. The summed E-state index contributed by atoms with van der Waals surface area (Å²) in [5.74, 6) is 0. The van der Waals surface area contributed by atoms with E-state index >= 15 is 0 Å². The molecule has 1 rings (SSSR count). The maximum Gasteiger partial charge on any atom is 0.0800 e. The van der Waals surface area contributed by atoms with Gasteiger partial charge in [-0.05, 0) is 18.3 Å². The third kappa shape index (κ3) is 1.66. The van der Waals surface area contributed by atoms with Crippen molar-refractivity contribution in [3.05, 3.63) is 0 Å². The summed E-state index contributed by atoms with van der Waals surface area (Å²) in [6.45, 7) is 4.53. The lowest BCUT2D eigenvalue weighted by Gasteiger charge is -2.41. The Kier molecular flexibility index (Phi) is 1.78. The lowest BCUT2D eigenvalue weighted by molar-refractivity contribution is -0.105. The van der Waals surface area contributed by atoms with Gasteiger partial charge in [0.15, 0.2) is 0 Å². The minimum Gasteiger partial charge on any atom is -0.299 e. The topological polar surface area (TPSA) is 21.3 Å². The number of hydrogen-bond donors (Lipinski definition) is 1. The first-order valence-corrected chi connectivity index (χ1v) is 3.46. The molecule has 1 aliphatic rings. The van der Waals surface area contributed by atoms with Gasteiger partial charge in [0.2, 0.25) is 0 Å². The molecule has 0 aliphatic heterocycles. The van der Waals surface area contributed by atoms with E-state index in [1.165, 1.54) is 12.8 Å². The Labute approximate surface area is 56.5 Å². The molecule has 1 N–H and O–H groups in total. The molecule has 1 aliphatic carbocycles. The van der Waals surface area contributed by atoms with Crippen molar-refractivity contribution in [3.8, 4) is 0 Å². The molecule has 0 aromatic rings. The summed E-state index contributed by atoms with van der Waals surface area (Å²) >= 11 is 0. The standard InChI is InChI=1S/C7H15NO/c1-7(2)4-6(5-7)9-8-3/h6,8H,4-5H2,1-3H3. The van der Waals surface area contributed by atoms with E-state index in [4.69, 9.17) is 4.84 Å². The van der Waals surface area contributed by atoms with E-state index in [-0.39, 0.29) is 0 Å². The molecule has 0 aromatic heterocycles. The van der Waals surface area contributed by atoms with Gasteiger partial charge in [0, 0.05) is 7.05 Å². The summed E-state index contributed by atoms with van der Waals surface area (Å²) in [6.07, 6.45) is 2.84. The van der Waals surface area contributed by atoms with Crippen molar-refractivity contribution in [1.82, 2.24) is 5.48 Å². The fourth-order valence-electron chi connectivity index (χ4n) is 1.42. The van der Waals surface area contributed by atoms with Crippen molar-refractivity contribution in [1.29, 1.82) is 0 Å². The van der Waals surface area contributed by atoms with Crippen LogP contribution in [0.3, 0.4) is 0 Å². The molecule has 0 amide bonds. The summed E-state index contributed by atoms with van der Waals surface area (Å²) in [5.41, 5.74) is 3.24. The lowest BCUT2D eigenvalue weighted by atomic mass is 9.70. The summed E-state index contributed by atoms with van der Waals surface area (Å²) < 4.78 is 0. The van der Waals surface area contributed by atoms with Crippen molar-refractivity contribution in [3.63, 3.8) is 0 Å². The molecule has 0 aromatic carbocycles. The zero-order valence-electron chi connectivity index (χ0n) is 6.40. The second-order valence-corrected chi connectivity index (χ2v) is 3.52. The van der Waals surface area contributed by atoms with Crippen LogP contribution in [0.25, 0.3) is 0 Å². The van der Waals surface area contributed by atoms with Crippen molar-refractivity contribution >= 4 is 0 Å². The van der Waals surface area contributed by atoms with Crippen molar-refractivity contribution in [2.75, 3.05) is 7.05 Å². The highest BCUT2D eigenvalue weighted by molar-refractivity contribution is 4.86. The molecular formula is C7H15NO. The molecule has 9 heavy (non-hydrogen) atoms. The maximum absolute atomic E-state index is 5.16. The van der Waals surface area contributed by atoms with E-state index in [9.17, 15) is 0 Å². The zero-order chi connectivity index (χ0) is 6.91. The molecule has 2 nitrogen and oxygen atoms in total. The molecule has 54 valence electrons.